The van der Waals surface area contributed by atoms with Crippen LogP contribution in [0.2, 0.25) is 10.0 Å². The molecule has 0 unspecified atom stereocenters. The first-order valence-corrected chi connectivity index (χ1v) is 11.1. The lowest BCUT2D eigenvalue weighted by molar-refractivity contribution is -0.116. The third kappa shape index (κ3) is 3.59. The van der Waals surface area contributed by atoms with E-state index >= 15 is 0 Å². The van der Waals surface area contributed by atoms with Crippen molar-refractivity contribution < 1.29 is 9.59 Å². The van der Waals surface area contributed by atoms with E-state index in [1.54, 1.807) is 16.8 Å². The van der Waals surface area contributed by atoms with Crippen LogP contribution in [0.5, 0.6) is 0 Å². The minimum Gasteiger partial charge on any atom is -0.343 e. The van der Waals surface area contributed by atoms with Gasteiger partial charge in [-0.3, -0.25) is 9.59 Å². The molecule has 2 N–H and O–H groups in total. The minimum absolute atomic E-state index is 0.0570. The topological polar surface area (TPSA) is 76.0 Å². The van der Waals surface area contributed by atoms with Gasteiger partial charge in [-0.15, -0.1) is 0 Å². The molecule has 0 radical (unpaired) electrons. The van der Waals surface area contributed by atoms with Gasteiger partial charge in [-0.1, -0.05) is 47.0 Å². The quantitative estimate of drug-likeness (QED) is 0.513. The normalized spacial score (nSPS) is 17.5. The van der Waals surface area contributed by atoms with E-state index in [9.17, 15) is 9.59 Å². The molecule has 8 heteroatoms. The number of benzene rings is 2. The first-order chi connectivity index (χ1) is 15.4. The lowest BCUT2D eigenvalue weighted by Crippen LogP contribution is -2.32. The summed E-state index contributed by atoms with van der Waals surface area (Å²) in [6.07, 6.45) is 3.46. The number of nitrogens with zero attached hydrogens (tertiary/aromatic N) is 2. The van der Waals surface area contributed by atoms with Gasteiger partial charge in [-0.25, -0.2) is 4.68 Å². The smallest absolute Gasteiger partial charge is 0.261 e. The van der Waals surface area contributed by atoms with Gasteiger partial charge < -0.3 is 10.6 Å². The molecule has 0 saturated heterocycles. The van der Waals surface area contributed by atoms with Crippen molar-refractivity contribution in [1.29, 1.82) is 0 Å². The van der Waals surface area contributed by atoms with Crippen molar-refractivity contribution in [2.75, 3.05) is 10.6 Å². The molecule has 3 aromatic rings. The number of allylic oxidation sites excluding steroid dienone is 2. The van der Waals surface area contributed by atoms with Gasteiger partial charge in [0.25, 0.3) is 5.91 Å². The maximum atomic E-state index is 13.1. The summed E-state index contributed by atoms with van der Waals surface area (Å²) in [4.78, 5) is 26.0. The molecule has 0 fully saturated rings. The molecule has 1 aliphatic heterocycles. The fourth-order valence-electron chi connectivity index (χ4n) is 4.27. The number of ketones is 1. The highest BCUT2D eigenvalue weighted by Gasteiger charge is 2.38. The van der Waals surface area contributed by atoms with Crippen molar-refractivity contribution in [3.8, 4) is 0 Å². The Bertz CT molecular complexity index is 1280. The number of amides is 1. The van der Waals surface area contributed by atoms with E-state index in [1.807, 2.05) is 37.3 Å². The van der Waals surface area contributed by atoms with Gasteiger partial charge in [-0.2, -0.15) is 5.10 Å². The second-order valence-corrected chi connectivity index (χ2v) is 8.88. The fourth-order valence-corrected chi connectivity index (χ4v) is 4.78. The van der Waals surface area contributed by atoms with Crippen LogP contribution in [0.15, 0.2) is 59.9 Å². The summed E-state index contributed by atoms with van der Waals surface area (Å²) in [6, 6.07) is 12.3. The summed E-state index contributed by atoms with van der Waals surface area (Å²) < 4.78 is 1.67. The predicted octanol–water partition coefficient (Wildman–Crippen LogP) is 5.77. The molecule has 0 spiro atoms. The summed E-state index contributed by atoms with van der Waals surface area (Å²) >= 11 is 12.6. The molecule has 0 saturated carbocycles. The van der Waals surface area contributed by atoms with Crippen LogP contribution in [-0.4, -0.2) is 21.5 Å². The number of carbonyl (C=O) groups is 2. The number of nitrogens with one attached hydrogen (secondary N) is 2. The van der Waals surface area contributed by atoms with E-state index in [0.29, 0.717) is 45.5 Å². The van der Waals surface area contributed by atoms with Crippen molar-refractivity contribution in [3.05, 3.63) is 86.7 Å². The predicted molar refractivity (Wildman–Crippen MR) is 125 cm³/mol. The highest BCUT2D eigenvalue weighted by molar-refractivity contribution is 6.35. The van der Waals surface area contributed by atoms with Crippen LogP contribution >= 0.6 is 23.2 Å². The summed E-state index contributed by atoms with van der Waals surface area (Å²) in [5.41, 5.74) is 4.37. The number of carbonyl (C=O) groups excluding carboxylic acids is 2. The summed E-state index contributed by atoms with van der Waals surface area (Å²) in [5, 5.41) is 11.7. The van der Waals surface area contributed by atoms with Crippen LogP contribution < -0.4 is 10.6 Å². The Labute approximate surface area is 195 Å². The second-order valence-electron chi connectivity index (χ2n) is 8.03. The molecule has 6 nitrogen and oxygen atoms in total. The Kier molecular flexibility index (Phi) is 5.27. The lowest BCUT2D eigenvalue weighted by atomic mass is 9.85. The van der Waals surface area contributed by atoms with E-state index in [4.69, 9.17) is 23.2 Å². The molecule has 0 bridgehead atoms. The molecule has 32 heavy (non-hydrogen) atoms. The lowest BCUT2D eigenvalue weighted by Gasteiger charge is -2.33. The van der Waals surface area contributed by atoms with Crippen LogP contribution in [0.3, 0.4) is 0 Å². The number of hydrogen-bond acceptors (Lipinski definition) is 4. The standard InChI is InChI=1S/C24H20Cl2N4O2/c1-13-5-8-15(9-6-13)28-24(32)17-12-27-30-22(16-10-7-14(25)11-18(16)26)21-19(29-23(17)30)3-2-4-20(21)31/h5-12,22,29H,2-4H2,1H3,(H,28,32)/t22-/m1/s1. The largest absolute Gasteiger partial charge is 0.343 e. The molecule has 1 atom stereocenters. The van der Waals surface area contributed by atoms with Gasteiger partial charge in [-0.05, 0) is 44.0 Å². The first-order valence-electron chi connectivity index (χ1n) is 10.4. The molecular formula is C24H20Cl2N4O2. The van der Waals surface area contributed by atoms with Gasteiger partial charge in [0.1, 0.15) is 17.4 Å². The molecule has 1 amide bonds. The molecule has 162 valence electrons. The number of hydrogen-bond donors (Lipinski definition) is 2. The van der Waals surface area contributed by atoms with Gasteiger partial charge in [0, 0.05) is 39.0 Å². The fraction of sp³-hybridized carbons (Fsp3) is 0.208. The SMILES string of the molecule is Cc1ccc(NC(=O)c2cnn3c2NC2=C(C(=O)CCC2)[C@H]3c2ccc(Cl)cc2Cl)cc1. The van der Waals surface area contributed by atoms with Crippen LogP contribution in [-0.2, 0) is 4.79 Å². The van der Waals surface area contributed by atoms with E-state index in [1.165, 1.54) is 6.20 Å². The van der Waals surface area contributed by atoms with E-state index in [2.05, 4.69) is 15.7 Å². The highest BCUT2D eigenvalue weighted by Crippen LogP contribution is 2.43. The zero-order chi connectivity index (χ0) is 22.4. The van der Waals surface area contributed by atoms with Gasteiger partial charge >= 0.3 is 0 Å². The van der Waals surface area contributed by atoms with Crippen molar-refractivity contribution >= 4 is 46.4 Å². The summed E-state index contributed by atoms with van der Waals surface area (Å²) in [7, 11) is 0. The summed E-state index contributed by atoms with van der Waals surface area (Å²) in [5.74, 6) is 0.315. The maximum absolute atomic E-state index is 13.1. The molecule has 1 aromatic heterocycles. The molecule has 2 heterocycles. The number of halogens is 2. The molecule has 5 rings (SSSR count). The number of anilines is 2. The third-order valence-electron chi connectivity index (χ3n) is 5.85. The number of aromatic nitrogens is 2. The average Bonchev–Trinajstić information content (AvgIpc) is 3.18. The number of aryl methyl sites for hydroxylation is 1. The van der Waals surface area contributed by atoms with Gasteiger partial charge in [0.15, 0.2) is 5.78 Å². The van der Waals surface area contributed by atoms with Crippen molar-refractivity contribution in [3.63, 3.8) is 0 Å². The second kappa shape index (κ2) is 8.11. The van der Waals surface area contributed by atoms with Crippen molar-refractivity contribution in [2.24, 2.45) is 0 Å². The Balaban J connectivity index is 1.59. The van der Waals surface area contributed by atoms with E-state index in [0.717, 1.165) is 23.2 Å². The molecule has 2 aromatic carbocycles. The van der Waals surface area contributed by atoms with E-state index in [-0.39, 0.29) is 11.7 Å². The highest BCUT2D eigenvalue weighted by atomic mass is 35.5. The number of fused-ring (bicyclic) bond motifs is 1. The van der Waals surface area contributed by atoms with E-state index < -0.39 is 6.04 Å². The Morgan fingerprint density at radius 3 is 2.69 bits per heavy atom. The first kappa shape index (κ1) is 20.8. The van der Waals surface area contributed by atoms with Crippen molar-refractivity contribution in [2.45, 2.75) is 32.2 Å². The zero-order valence-electron chi connectivity index (χ0n) is 17.3. The Morgan fingerprint density at radius 1 is 1.16 bits per heavy atom. The monoisotopic (exact) mass is 466 g/mol. The average molecular weight is 467 g/mol. The van der Waals surface area contributed by atoms with Gasteiger partial charge in [0.05, 0.1) is 6.20 Å². The van der Waals surface area contributed by atoms with Crippen molar-refractivity contribution in [1.82, 2.24) is 9.78 Å². The van der Waals surface area contributed by atoms with Crippen LogP contribution in [0.4, 0.5) is 11.5 Å². The maximum Gasteiger partial charge on any atom is 0.261 e. The van der Waals surface area contributed by atoms with Crippen LogP contribution in [0, 0.1) is 6.92 Å². The summed E-state index contributed by atoms with van der Waals surface area (Å²) in [6.45, 7) is 1.99. The van der Waals surface area contributed by atoms with Crippen LogP contribution in [0.25, 0.3) is 0 Å². The molecule has 1 aliphatic carbocycles. The van der Waals surface area contributed by atoms with Gasteiger partial charge in [0.2, 0.25) is 0 Å². The Morgan fingerprint density at radius 2 is 1.94 bits per heavy atom. The molecular weight excluding hydrogens is 447 g/mol. The van der Waals surface area contributed by atoms with Crippen LogP contribution in [0.1, 0.15) is 46.8 Å². The minimum atomic E-state index is -0.528. The molecule has 2 aliphatic rings. The number of Topliss-reactive ketones (excluding diaryl/α,β-unsaturated/α-hetero) is 1. The Hall–Kier alpha value is -3.09. The number of rotatable bonds is 3. The third-order valence-corrected chi connectivity index (χ3v) is 6.41. The zero-order valence-corrected chi connectivity index (χ0v) is 18.8.